The Morgan fingerprint density at radius 2 is 1.68 bits per heavy atom. The van der Waals surface area contributed by atoms with E-state index in [-0.39, 0.29) is 52.2 Å². The van der Waals surface area contributed by atoms with E-state index in [0.29, 0.717) is 24.8 Å². The fourth-order valence-corrected chi connectivity index (χ4v) is 8.84. The molecule has 34 heavy (non-hydrogen) atoms. The number of benzene rings is 1. The van der Waals surface area contributed by atoms with Gasteiger partial charge in [-0.05, 0) is 50.0 Å². The van der Waals surface area contributed by atoms with Gasteiger partial charge in [0.25, 0.3) is 0 Å². The van der Waals surface area contributed by atoms with Gasteiger partial charge in [0.05, 0.1) is 6.10 Å². The highest BCUT2D eigenvalue weighted by Crippen LogP contribution is 2.67. The molecule has 6 atom stereocenters. The van der Waals surface area contributed by atoms with E-state index in [1.165, 1.54) is 0 Å². The lowest BCUT2D eigenvalue weighted by Crippen LogP contribution is -2.70. The molecule has 2 saturated carbocycles. The molecule has 6 unspecified atom stereocenters. The lowest BCUT2D eigenvalue weighted by atomic mass is 9.43. The molecule has 2 aliphatic carbocycles. The van der Waals surface area contributed by atoms with Crippen LogP contribution in [0.25, 0.3) is 0 Å². The van der Waals surface area contributed by atoms with Crippen molar-refractivity contribution in [3.63, 3.8) is 0 Å². The van der Waals surface area contributed by atoms with Crippen LogP contribution in [-0.2, 0) is 22.4 Å². The number of ether oxygens (including phenoxy) is 2. The second kappa shape index (κ2) is 7.18. The van der Waals surface area contributed by atoms with E-state index in [9.17, 15) is 19.8 Å². The molecule has 2 heterocycles. The SMILES string of the molecule is CC1Cc2c3c(c(Cl)c(O)c2C(=O)O1)OC1(C)C(O)CC2C(C)(C)C(=O)C(Cl)(Cl)CC2(C)C1C3. The van der Waals surface area contributed by atoms with E-state index in [1.807, 2.05) is 20.8 Å². The fraction of sp³-hybridized carbons (Fsp3) is 0.680. The third kappa shape index (κ3) is 2.98. The topological polar surface area (TPSA) is 93.1 Å². The maximum absolute atomic E-state index is 13.2. The van der Waals surface area contributed by atoms with Gasteiger partial charge in [0, 0.05) is 23.3 Å². The Morgan fingerprint density at radius 3 is 2.32 bits per heavy atom. The molecule has 0 saturated heterocycles. The summed E-state index contributed by atoms with van der Waals surface area (Å²) in [6, 6.07) is 0. The number of phenols is 1. The Hall–Kier alpha value is -1.21. The summed E-state index contributed by atoms with van der Waals surface area (Å²) in [5.41, 5.74) is -1.05. The number of hydrogen-bond acceptors (Lipinski definition) is 6. The molecule has 0 radical (unpaired) electrons. The second-order valence-corrected chi connectivity index (χ2v) is 13.4. The van der Waals surface area contributed by atoms with Crippen LogP contribution in [0.2, 0.25) is 5.02 Å². The summed E-state index contributed by atoms with van der Waals surface area (Å²) in [5, 5.41) is 22.1. The summed E-state index contributed by atoms with van der Waals surface area (Å²) in [5.74, 6) is -1.42. The molecular formula is C25H29Cl3O6. The quantitative estimate of drug-likeness (QED) is 0.361. The average Bonchev–Trinajstić information content (AvgIpc) is 2.72. The maximum atomic E-state index is 13.2. The van der Waals surface area contributed by atoms with E-state index in [4.69, 9.17) is 44.3 Å². The first-order valence-electron chi connectivity index (χ1n) is 11.6. The number of hydrogen-bond donors (Lipinski definition) is 2. The van der Waals surface area contributed by atoms with Crippen molar-refractivity contribution in [3.8, 4) is 11.5 Å². The standard InChI is InChI=1S/C25H29Cl3O6/c1-10-6-11-12-7-14-23(4)9-25(27,28)21(32)22(2,3)13(23)8-15(29)24(14,5)34-19(12)17(26)18(30)16(11)20(31)33-10/h10,13-15,29-30H,6-9H2,1-5H3. The maximum Gasteiger partial charge on any atom is 0.342 e. The number of aromatic hydroxyl groups is 1. The van der Waals surface area contributed by atoms with Crippen molar-refractivity contribution in [2.75, 3.05) is 0 Å². The van der Waals surface area contributed by atoms with E-state index in [1.54, 1.807) is 6.92 Å². The van der Waals surface area contributed by atoms with Crippen molar-refractivity contribution in [2.24, 2.45) is 22.7 Å². The van der Waals surface area contributed by atoms with Crippen LogP contribution >= 0.6 is 34.8 Å². The number of phenolic OH excluding ortho intramolecular Hbond substituents is 1. The summed E-state index contributed by atoms with van der Waals surface area (Å²) in [7, 11) is 0. The van der Waals surface area contributed by atoms with Crippen molar-refractivity contribution in [1.29, 1.82) is 0 Å². The number of cyclic esters (lactones) is 1. The molecule has 0 aromatic heterocycles. The zero-order valence-corrected chi connectivity index (χ0v) is 22.1. The minimum absolute atomic E-state index is 0.0651. The number of Topliss-reactive ketones (excluding diaryl/α,β-unsaturated/α-hetero) is 1. The lowest BCUT2D eigenvalue weighted by Gasteiger charge is -2.65. The van der Waals surface area contributed by atoms with Gasteiger partial charge in [-0.25, -0.2) is 4.79 Å². The number of ketones is 1. The van der Waals surface area contributed by atoms with Crippen LogP contribution in [0.15, 0.2) is 0 Å². The Labute approximate surface area is 213 Å². The molecule has 2 N–H and O–H groups in total. The number of alkyl halides is 2. The molecule has 6 nitrogen and oxygen atoms in total. The van der Waals surface area contributed by atoms with Crippen molar-refractivity contribution in [1.82, 2.24) is 0 Å². The van der Waals surface area contributed by atoms with Gasteiger partial charge in [-0.1, -0.05) is 55.6 Å². The van der Waals surface area contributed by atoms with Crippen LogP contribution in [-0.4, -0.2) is 44.1 Å². The predicted molar refractivity (Wildman–Crippen MR) is 128 cm³/mol. The first-order valence-corrected chi connectivity index (χ1v) is 12.8. The molecule has 0 amide bonds. The summed E-state index contributed by atoms with van der Waals surface area (Å²) >= 11 is 19.8. The number of aliphatic hydroxyl groups is 1. The van der Waals surface area contributed by atoms with Crippen LogP contribution in [0.5, 0.6) is 11.5 Å². The van der Waals surface area contributed by atoms with Crippen molar-refractivity contribution in [2.45, 2.75) is 82.4 Å². The number of esters is 1. The number of carbonyl (C=O) groups excluding carboxylic acids is 2. The molecule has 1 aromatic carbocycles. The van der Waals surface area contributed by atoms with E-state index < -0.39 is 32.8 Å². The van der Waals surface area contributed by atoms with Gasteiger partial charge in [0.1, 0.15) is 28.0 Å². The first kappa shape index (κ1) is 24.5. The minimum Gasteiger partial charge on any atom is -0.505 e. The Kier molecular flexibility index (Phi) is 5.17. The molecule has 4 aliphatic rings. The number of carbonyl (C=O) groups is 2. The van der Waals surface area contributed by atoms with E-state index in [2.05, 4.69) is 6.92 Å². The van der Waals surface area contributed by atoms with Gasteiger partial charge in [-0.2, -0.15) is 0 Å². The van der Waals surface area contributed by atoms with Gasteiger partial charge < -0.3 is 19.7 Å². The van der Waals surface area contributed by atoms with Crippen LogP contribution in [0.1, 0.15) is 68.9 Å². The molecule has 0 spiro atoms. The number of aliphatic hydroxyl groups excluding tert-OH is 1. The van der Waals surface area contributed by atoms with Crippen molar-refractivity contribution < 1.29 is 29.3 Å². The zero-order chi connectivity index (χ0) is 25.2. The third-order valence-corrected chi connectivity index (χ3v) is 10.1. The van der Waals surface area contributed by atoms with Gasteiger partial charge in [0.15, 0.2) is 15.9 Å². The van der Waals surface area contributed by atoms with Crippen LogP contribution in [0.3, 0.4) is 0 Å². The highest BCUT2D eigenvalue weighted by Gasteiger charge is 2.70. The highest BCUT2D eigenvalue weighted by molar-refractivity contribution is 6.59. The molecule has 5 rings (SSSR count). The van der Waals surface area contributed by atoms with E-state index in [0.717, 1.165) is 5.56 Å². The molecule has 2 fully saturated rings. The minimum atomic E-state index is -1.57. The Morgan fingerprint density at radius 1 is 1.03 bits per heavy atom. The molecular weight excluding hydrogens is 503 g/mol. The summed E-state index contributed by atoms with van der Waals surface area (Å²) < 4.78 is 10.3. The monoisotopic (exact) mass is 530 g/mol. The Bertz CT molecular complexity index is 1130. The molecule has 186 valence electrons. The third-order valence-electron chi connectivity index (χ3n) is 9.11. The Balaban J connectivity index is 1.72. The molecule has 1 aromatic rings. The molecule has 2 aliphatic heterocycles. The fourth-order valence-electron chi connectivity index (χ4n) is 7.53. The average molecular weight is 532 g/mol. The van der Waals surface area contributed by atoms with Crippen molar-refractivity contribution in [3.05, 3.63) is 21.7 Å². The summed E-state index contributed by atoms with van der Waals surface area (Å²) in [4.78, 5) is 25.8. The number of halogens is 3. The second-order valence-electron chi connectivity index (χ2n) is 11.5. The normalized spacial score (nSPS) is 39.7. The highest BCUT2D eigenvalue weighted by atomic mass is 35.5. The largest absolute Gasteiger partial charge is 0.505 e. The van der Waals surface area contributed by atoms with Gasteiger partial charge >= 0.3 is 5.97 Å². The van der Waals surface area contributed by atoms with Crippen LogP contribution in [0, 0.1) is 22.7 Å². The predicted octanol–water partition coefficient (Wildman–Crippen LogP) is 5.02. The van der Waals surface area contributed by atoms with Gasteiger partial charge in [-0.15, -0.1) is 0 Å². The molecule has 0 bridgehead atoms. The number of fused-ring (bicyclic) bond motifs is 6. The first-order chi connectivity index (χ1) is 15.6. The van der Waals surface area contributed by atoms with Crippen molar-refractivity contribution >= 4 is 46.6 Å². The van der Waals surface area contributed by atoms with Crippen LogP contribution in [0.4, 0.5) is 0 Å². The van der Waals surface area contributed by atoms with Crippen LogP contribution < -0.4 is 4.74 Å². The summed E-state index contributed by atoms with van der Waals surface area (Å²) in [6.45, 7) is 9.39. The summed E-state index contributed by atoms with van der Waals surface area (Å²) in [6.07, 6.45) is 0.109. The van der Waals surface area contributed by atoms with Gasteiger partial charge in [0.2, 0.25) is 0 Å². The van der Waals surface area contributed by atoms with Gasteiger partial charge in [-0.3, -0.25) is 4.79 Å². The lowest BCUT2D eigenvalue weighted by molar-refractivity contribution is -0.213. The molecule has 9 heteroatoms. The van der Waals surface area contributed by atoms with E-state index >= 15 is 0 Å². The number of rotatable bonds is 0. The smallest absolute Gasteiger partial charge is 0.342 e. The zero-order valence-electron chi connectivity index (χ0n) is 19.8.